The molecule has 2 aromatic rings. The summed E-state index contributed by atoms with van der Waals surface area (Å²) in [5, 5.41) is 0. The number of carbonyl (C=O) groups excluding carboxylic acids is 1. The smallest absolute Gasteiger partial charge is 0.409 e. The molecule has 0 spiro atoms. The third-order valence-electron chi connectivity index (χ3n) is 5.45. The third kappa shape index (κ3) is 4.58. The lowest BCUT2D eigenvalue weighted by molar-refractivity contribution is 0.125. The Hall–Kier alpha value is -2.90. The number of likely N-dealkylation sites (tertiary alicyclic amines) is 1. The van der Waals surface area contributed by atoms with Crippen LogP contribution in [0.3, 0.4) is 0 Å². The van der Waals surface area contributed by atoms with E-state index in [2.05, 4.69) is 16.8 Å². The zero-order valence-electron chi connectivity index (χ0n) is 17.4. The van der Waals surface area contributed by atoms with E-state index in [1.54, 1.807) is 27.9 Å². The number of carbonyl (C=O) groups is 1. The van der Waals surface area contributed by atoms with Crippen LogP contribution in [-0.2, 0) is 11.3 Å². The van der Waals surface area contributed by atoms with Crippen molar-refractivity contribution in [2.24, 2.45) is 0 Å². The number of rotatable bonds is 5. The maximum Gasteiger partial charge on any atom is 0.409 e. The van der Waals surface area contributed by atoms with Crippen molar-refractivity contribution in [3.63, 3.8) is 0 Å². The van der Waals surface area contributed by atoms with E-state index < -0.39 is 0 Å². The summed E-state index contributed by atoms with van der Waals surface area (Å²) in [6.45, 7) is 6.64. The Kier molecular flexibility index (Phi) is 6.85. The molecule has 1 unspecified atom stereocenters. The third-order valence-corrected chi connectivity index (χ3v) is 5.45. The number of ether oxygens (including phenoxy) is 1. The van der Waals surface area contributed by atoms with Gasteiger partial charge < -0.3 is 14.5 Å². The normalized spacial score (nSPS) is 16.9. The molecule has 156 valence electrons. The second kappa shape index (κ2) is 9.54. The number of hydrogen-bond acceptors (Lipinski definition) is 6. The maximum absolute atomic E-state index is 12.8. The van der Waals surface area contributed by atoms with Gasteiger partial charge >= 0.3 is 6.09 Å². The number of hydrogen-bond donors (Lipinski definition) is 0. The van der Waals surface area contributed by atoms with Gasteiger partial charge in [-0.05, 0) is 45.2 Å². The Labute approximate surface area is 171 Å². The Morgan fingerprint density at radius 3 is 2.66 bits per heavy atom. The second-order valence-electron chi connectivity index (χ2n) is 7.09. The molecule has 0 bridgehead atoms. The molecular weight excluding hydrogens is 370 g/mol. The van der Waals surface area contributed by atoms with Crippen LogP contribution in [0, 0.1) is 0 Å². The molecule has 0 aliphatic carbocycles. The molecule has 0 N–H and O–H groups in total. The summed E-state index contributed by atoms with van der Waals surface area (Å²) in [6.07, 6.45) is 5.74. The lowest BCUT2D eigenvalue weighted by Gasteiger charge is -2.32. The number of nitrogens with zero attached hydrogens (tertiary/aromatic N) is 5. The topological polar surface area (TPSA) is 80.6 Å². The Bertz CT molecular complexity index is 884. The molecule has 2 aromatic heterocycles. The van der Waals surface area contributed by atoms with Crippen molar-refractivity contribution < 1.29 is 9.53 Å². The molecule has 3 rings (SSSR count). The SMILES string of the molecule is CCN(c1nc(-c2ccncc2)cc(=O)n1CC)C1CCCN(C(=O)OC)CC1. The number of pyridine rings is 1. The monoisotopic (exact) mass is 399 g/mol. The van der Waals surface area contributed by atoms with E-state index in [1.807, 2.05) is 19.1 Å². The summed E-state index contributed by atoms with van der Waals surface area (Å²) in [6, 6.07) is 5.50. The summed E-state index contributed by atoms with van der Waals surface area (Å²) in [5.74, 6) is 0.686. The minimum atomic E-state index is -0.281. The van der Waals surface area contributed by atoms with Crippen LogP contribution >= 0.6 is 0 Å². The van der Waals surface area contributed by atoms with Gasteiger partial charge in [0.1, 0.15) is 0 Å². The van der Waals surface area contributed by atoms with Gasteiger partial charge in [0.2, 0.25) is 5.95 Å². The molecule has 0 saturated carbocycles. The molecule has 0 aromatic carbocycles. The van der Waals surface area contributed by atoms with Crippen molar-refractivity contribution in [3.05, 3.63) is 40.9 Å². The van der Waals surface area contributed by atoms with E-state index in [0.717, 1.165) is 31.4 Å². The highest BCUT2D eigenvalue weighted by molar-refractivity contribution is 5.67. The van der Waals surface area contributed by atoms with E-state index in [9.17, 15) is 9.59 Å². The highest BCUT2D eigenvalue weighted by atomic mass is 16.5. The molecule has 0 radical (unpaired) electrons. The van der Waals surface area contributed by atoms with Crippen LogP contribution in [0.4, 0.5) is 10.7 Å². The number of anilines is 1. The summed E-state index contributed by atoms with van der Waals surface area (Å²) in [4.78, 5) is 37.6. The van der Waals surface area contributed by atoms with Gasteiger partial charge in [-0.25, -0.2) is 9.78 Å². The first kappa shape index (κ1) is 20.8. The number of aromatic nitrogens is 3. The van der Waals surface area contributed by atoms with Gasteiger partial charge in [0.05, 0.1) is 12.8 Å². The van der Waals surface area contributed by atoms with E-state index in [0.29, 0.717) is 31.3 Å². The van der Waals surface area contributed by atoms with Gasteiger partial charge in [-0.2, -0.15) is 0 Å². The van der Waals surface area contributed by atoms with Crippen molar-refractivity contribution in [1.29, 1.82) is 0 Å². The molecule has 1 aliphatic heterocycles. The highest BCUT2D eigenvalue weighted by Gasteiger charge is 2.27. The van der Waals surface area contributed by atoms with E-state index in [4.69, 9.17) is 9.72 Å². The zero-order chi connectivity index (χ0) is 20.8. The summed E-state index contributed by atoms with van der Waals surface area (Å²) < 4.78 is 6.60. The Balaban J connectivity index is 1.95. The molecule has 1 atom stereocenters. The molecule has 3 heterocycles. The number of methoxy groups -OCH3 is 1. The van der Waals surface area contributed by atoms with Crippen molar-refractivity contribution in [2.75, 3.05) is 31.6 Å². The van der Waals surface area contributed by atoms with Crippen molar-refractivity contribution in [2.45, 2.75) is 45.7 Å². The average Bonchev–Trinajstić information content (AvgIpc) is 3.00. The minimum Gasteiger partial charge on any atom is -0.453 e. The molecular formula is C21H29N5O3. The zero-order valence-corrected chi connectivity index (χ0v) is 17.4. The van der Waals surface area contributed by atoms with Gasteiger partial charge in [-0.15, -0.1) is 0 Å². The first-order valence-electron chi connectivity index (χ1n) is 10.2. The van der Waals surface area contributed by atoms with Crippen LogP contribution in [0.5, 0.6) is 0 Å². The fraction of sp³-hybridized carbons (Fsp3) is 0.524. The van der Waals surface area contributed by atoms with E-state index in [-0.39, 0.29) is 17.7 Å². The Morgan fingerprint density at radius 2 is 2.00 bits per heavy atom. The first-order chi connectivity index (χ1) is 14.1. The second-order valence-corrected chi connectivity index (χ2v) is 7.09. The first-order valence-corrected chi connectivity index (χ1v) is 10.2. The molecule has 1 amide bonds. The van der Waals surface area contributed by atoms with Crippen molar-refractivity contribution in [3.8, 4) is 11.3 Å². The van der Waals surface area contributed by atoms with E-state index in [1.165, 1.54) is 7.11 Å². The largest absolute Gasteiger partial charge is 0.453 e. The van der Waals surface area contributed by atoms with Gasteiger partial charge in [0, 0.05) is 56.2 Å². The maximum atomic E-state index is 12.8. The van der Waals surface area contributed by atoms with Gasteiger partial charge in [-0.1, -0.05) is 0 Å². The summed E-state index contributed by atoms with van der Waals surface area (Å²) in [7, 11) is 1.41. The fourth-order valence-electron chi connectivity index (χ4n) is 3.95. The average molecular weight is 399 g/mol. The van der Waals surface area contributed by atoms with Crippen LogP contribution in [0.1, 0.15) is 33.1 Å². The standard InChI is InChI=1S/C21H29N5O3/c1-4-25(17-7-6-13-24(14-10-17)21(28)29-3)20-23-18(15-19(27)26(20)5-2)16-8-11-22-12-9-16/h8-9,11-12,15,17H,4-7,10,13-14H2,1-3H3. The lowest BCUT2D eigenvalue weighted by atomic mass is 10.1. The van der Waals surface area contributed by atoms with Crippen LogP contribution in [0.2, 0.25) is 0 Å². The van der Waals surface area contributed by atoms with E-state index >= 15 is 0 Å². The predicted octanol–water partition coefficient (Wildman–Crippen LogP) is 2.77. The minimum absolute atomic E-state index is 0.0624. The summed E-state index contributed by atoms with van der Waals surface area (Å²) in [5.41, 5.74) is 1.46. The van der Waals surface area contributed by atoms with Gasteiger partial charge in [0.25, 0.3) is 5.56 Å². The predicted molar refractivity (Wildman–Crippen MR) is 112 cm³/mol. The molecule has 1 fully saturated rings. The number of amides is 1. The molecule has 1 aliphatic rings. The summed E-state index contributed by atoms with van der Waals surface area (Å²) >= 11 is 0. The van der Waals surface area contributed by atoms with Crippen LogP contribution in [0.25, 0.3) is 11.3 Å². The molecule has 1 saturated heterocycles. The van der Waals surface area contributed by atoms with Gasteiger partial charge in [-0.3, -0.25) is 14.3 Å². The van der Waals surface area contributed by atoms with Crippen molar-refractivity contribution >= 4 is 12.0 Å². The molecule has 8 nitrogen and oxygen atoms in total. The fourth-order valence-corrected chi connectivity index (χ4v) is 3.95. The lowest BCUT2D eigenvalue weighted by Crippen LogP contribution is -2.41. The van der Waals surface area contributed by atoms with Gasteiger partial charge in [0.15, 0.2) is 0 Å². The van der Waals surface area contributed by atoms with Crippen LogP contribution in [0.15, 0.2) is 35.4 Å². The Morgan fingerprint density at radius 1 is 1.24 bits per heavy atom. The molecule has 29 heavy (non-hydrogen) atoms. The van der Waals surface area contributed by atoms with Crippen LogP contribution in [-0.4, -0.2) is 58.3 Å². The van der Waals surface area contributed by atoms with Crippen LogP contribution < -0.4 is 10.5 Å². The highest BCUT2D eigenvalue weighted by Crippen LogP contribution is 2.24. The molecule has 8 heteroatoms. The van der Waals surface area contributed by atoms with Crippen molar-refractivity contribution in [1.82, 2.24) is 19.4 Å². The quantitative estimate of drug-likeness (QED) is 0.769.